The van der Waals surface area contributed by atoms with Gasteiger partial charge in [-0.05, 0) is 25.3 Å². The molecular weight excluding hydrogens is 258 g/mol. The van der Waals surface area contributed by atoms with Gasteiger partial charge in [-0.25, -0.2) is 0 Å². The maximum atomic E-state index is 6.05. The quantitative estimate of drug-likeness (QED) is 0.834. The van der Waals surface area contributed by atoms with Crippen molar-refractivity contribution in [2.24, 2.45) is 5.92 Å². The van der Waals surface area contributed by atoms with E-state index in [1.165, 1.54) is 0 Å². The van der Waals surface area contributed by atoms with Crippen molar-refractivity contribution < 1.29 is 18.9 Å². The lowest BCUT2D eigenvalue weighted by molar-refractivity contribution is -0.137. The van der Waals surface area contributed by atoms with E-state index in [9.17, 15) is 0 Å². The van der Waals surface area contributed by atoms with Crippen molar-refractivity contribution in [1.29, 1.82) is 0 Å². The van der Waals surface area contributed by atoms with Crippen LogP contribution in [0, 0.1) is 5.92 Å². The number of hydrogen-bond acceptors (Lipinski definition) is 5. The second-order valence-corrected chi connectivity index (χ2v) is 6.15. The van der Waals surface area contributed by atoms with Gasteiger partial charge in [0.1, 0.15) is 0 Å². The molecule has 0 amide bonds. The minimum Gasteiger partial charge on any atom is -0.378 e. The molecule has 3 rings (SSSR count). The van der Waals surface area contributed by atoms with Crippen LogP contribution in [0.4, 0.5) is 0 Å². The van der Waals surface area contributed by atoms with Gasteiger partial charge in [-0.3, -0.25) is 0 Å². The van der Waals surface area contributed by atoms with Gasteiger partial charge in [0, 0.05) is 25.7 Å². The third kappa shape index (κ3) is 3.17. The monoisotopic (exact) mass is 285 g/mol. The Hall–Kier alpha value is -0.200. The van der Waals surface area contributed by atoms with E-state index in [2.05, 4.69) is 12.2 Å². The number of nitrogens with one attached hydrogen (secondary N) is 1. The second kappa shape index (κ2) is 6.71. The fourth-order valence-corrected chi connectivity index (χ4v) is 3.79. The van der Waals surface area contributed by atoms with Gasteiger partial charge in [0.2, 0.25) is 0 Å². The molecule has 116 valence electrons. The van der Waals surface area contributed by atoms with E-state index in [0.29, 0.717) is 25.2 Å². The Labute approximate surface area is 121 Å². The van der Waals surface area contributed by atoms with E-state index >= 15 is 0 Å². The Kier molecular flexibility index (Phi) is 4.94. The standard InChI is InChI=1S/C15H27NO4/c1-2-16-14(13-10-17-7-8-19-13)12-3-5-20-15(9-12)4-6-18-11-15/h12-14,16H,2-11H2,1H3. The Bertz CT molecular complexity index is 300. The molecule has 0 bridgehead atoms. The van der Waals surface area contributed by atoms with E-state index in [1.807, 2.05) is 0 Å². The molecule has 3 aliphatic heterocycles. The predicted octanol–water partition coefficient (Wildman–Crippen LogP) is 0.966. The van der Waals surface area contributed by atoms with E-state index in [1.54, 1.807) is 0 Å². The average Bonchev–Trinajstić information content (AvgIpc) is 2.93. The molecular formula is C15H27NO4. The summed E-state index contributed by atoms with van der Waals surface area (Å²) in [5, 5.41) is 3.63. The highest BCUT2D eigenvalue weighted by Gasteiger charge is 2.44. The van der Waals surface area contributed by atoms with Gasteiger partial charge < -0.3 is 24.3 Å². The summed E-state index contributed by atoms with van der Waals surface area (Å²) < 4.78 is 23.2. The molecule has 5 nitrogen and oxygen atoms in total. The predicted molar refractivity (Wildman–Crippen MR) is 74.9 cm³/mol. The van der Waals surface area contributed by atoms with Crippen LogP contribution < -0.4 is 5.32 Å². The van der Waals surface area contributed by atoms with E-state index in [4.69, 9.17) is 18.9 Å². The fourth-order valence-electron chi connectivity index (χ4n) is 3.79. The lowest BCUT2D eigenvalue weighted by Crippen LogP contribution is -2.54. The molecule has 0 aromatic heterocycles. The van der Waals surface area contributed by atoms with Crippen molar-refractivity contribution in [3.8, 4) is 0 Å². The van der Waals surface area contributed by atoms with Crippen LogP contribution in [0.15, 0.2) is 0 Å². The summed E-state index contributed by atoms with van der Waals surface area (Å²) in [6.45, 7) is 7.69. The van der Waals surface area contributed by atoms with Gasteiger partial charge in [-0.1, -0.05) is 6.92 Å². The highest BCUT2D eigenvalue weighted by atomic mass is 16.6. The highest BCUT2D eigenvalue weighted by Crippen LogP contribution is 2.38. The van der Waals surface area contributed by atoms with Gasteiger partial charge in [-0.2, -0.15) is 0 Å². The second-order valence-electron chi connectivity index (χ2n) is 6.15. The van der Waals surface area contributed by atoms with E-state index in [-0.39, 0.29) is 11.7 Å². The highest BCUT2D eigenvalue weighted by molar-refractivity contribution is 4.96. The first-order chi connectivity index (χ1) is 9.83. The minimum absolute atomic E-state index is 0.0356. The van der Waals surface area contributed by atoms with Gasteiger partial charge in [0.05, 0.1) is 38.1 Å². The van der Waals surface area contributed by atoms with Crippen molar-refractivity contribution in [1.82, 2.24) is 5.32 Å². The van der Waals surface area contributed by atoms with Crippen molar-refractivity contribution in [3.05, 3.63) is 0 Å². The summed E-state index contributed by atoms with van der Waals surface area (Å²) in [5.41, 5.74) is -0.0356. The van der Waals surface area contributed by atoms with Crippen molar-refractivity contribution in [2.45, 2.75) is 43.9 Å². The summed E-state index contributed by atoms with van der Waals surface area (Å²) in [4.78, 5) is 0. The van der Waals surface area contributed by atoms with Crippen LogP contribution >= 0.6 is 0 Å². The van der Waals surface area contributed by atoms with Gasteiger partial charge >= 0.3 is 0 Å². The number of rotatable bonds is 4. The third-order valence-corrected chi connectivity index (χ3v) is 4.79. The van der Waals surface area contributed by atoms with Gasteiger partial charge in [0.25, 0.3) is 0 Å². The molecule has 3 saturated heterocycles. The Balaban J connectivity index is 1.66. The van der Waals surface area contributed by atoms with Crippen LogP contribution in [0.2, 0.25) is 0 Å². The first kappa shape index (κ1) is 14.7. The molecule has 0 radical (unpaired) electrons. The minimum atomic E-state index is -0.0356. The van der Waals surface area contributed by atoms with E-state index in [0.717, 1.165) is 52.2 Å². The first-order valence-electron chi connectivity index (χ1n) is 7.97. The summed E-state index contributed by atoms with van der Waals surface area (Å²) in [6, 6.07) is 0.363. The summed E-state index contributed by atoms with van der Waals surface area (Å²) in [5.74, 6) is 0.581. The third-order valence-electron chi connectivity index (χ3n) is 4.79. The van der Waals surface area contributed by atoms with Crippen LogP contribution in [0.5, 0.6) is 0 Å². The summed E-state index contributed by atoms with van der Waals surface area (Å²) in [7, 11) is 0. The lowest BCUT2D eigenvalue weighted by Gasteiger charge is -2.43. The van der Waals surface area contributed by atoms with Crippen molar-refractivity contribution in [3.63, 3.8) is 0 Å². The van der Waals surface area contributed by atoms with Crippen molar-refractivity contribution in [2.75, 3.05) is 46.2 Å². The molecule has 5 heteroatoms. The molecule has 1 N–H and O–H groups in total. The number of hydrogen-bond donors (Lipinski definition) is 1. The topological polar surface area (TPSA) is 49.0 Å². The zero-order chi connectivity index (χ0) is 13.8. The van der Waals surface area contributed by atoms with Crippen LogP contribution in [0.3, 0.4) is 0 Å². The molecule has 3 heterocycles. The maximum Gasteiger partial charge on any atom is 0.0964 e. The van der Waals surface area contributed by atoms with Crippen LogP contribution in [0.25, 0.3) is 0 Å². The maximum absolute atomic E-state index is 6.05. The normalized spacial score (nSPS) is 40.0. The van der Waals surface area contributed by atoms with Gasteiger partial charge in [0.15, 0.2) is 0 Å². The Morgan fingerprint density at radius 3 is 2.85 bits per heavy atom. The zero-order valence-corrected chi connectivity index (χ0v) is 12.4. The van der Waals surface area contributed by atoms with Crippen LogP contribution in [-0.4, -0.2) is 63.9 Å². The van der Waals surface area contributed by atoms with Crippen molar-refractivity contribution >= 4 is 0 Å². The Morgan fingerprint density at radius 1 is 1.20 bits per heavy atom. The first-order valence-corrected chi connectivity index (χ1v) is 7.97. The van der Waals surface area contributed by atoms with Gasteiger partial charge in [-0.15, -0.1) is 0 Å². The smallest absolute Gasteiger partial charge is 0.0964 e. The number of ether oxygens (including phenoxy) is 4. The molecule has 4 unspecified atom stereocenters. The summed E-state index contributed by atoms with van der Waals surface area (Å²) >= 11 is 0. The molecule has 0 aromatic carbocycles. The van der Waals surface area contributed by atoms with Crippen LogP contribution in [0.1, 0.15) is 26.2 Å². The molecule has 4 atom stereocenters. The fraction of sp³-hybridized carbons (Fsp3) is 1.00. The van der Waals surface area contributed by atoms with E-state index < -0.39 is 0 Å². The molecule has 1 spiro atoms. The Morgan fingerprint density at radius 2 is 2.15 bits per heavy atom. The molecule has 0 saturated carbocycles. The molecule has 0 aliphatic carbocycles. The SMILES string of the molecule is CCNC(C1CCOC2(CCOC2)C1)C1COCCO1. The molecule has 3 fully saturated rings. The number of likely N-dealkylation sites (N-methyl/N-ethyl adjacent to an activating group) is 1. The largest absolute Gasteiger partial charge is 0.378 e. The molecule has 0 aromatic rings. The zero-order valence-electron chi connectivity index (χ0n) is 12.4. The lowest BCUT2D eigenvalue weighted by atomic mass is 9.79. The molecule has 3 aliphatic rings. The van der Waals surface area contributed by atoms with Crippen LogP contribution in [-0.2, 0) is 18.9 Å². The average molecular weight is 285 g/mol. The molecule has 20 heavy (non-hydrogen) atoms. The summed E-state index contributed by atoms with van der Waals surface area (Å²) in [6.07, 6.45) is 3.37.